The summed E-state index contributed by atoms with van der Waals surface area (Å²) in [6, 6.07) is 2.93. The first-order valence-corrected chi connectivity index (χ1v) is 4.62. The molecular weight excluding hydrogens is 207 g/mol. The molecule has 0 bridgehead atoms. The number of ether oxygens (including phenoxy) is 1. The van der Waals surface area contributed by atoms with Crippen LogP contribution in [-0.4, -0.2) is 18.3 Å². The molecule has 4 heteroatoms. The Morgan fingerprint density at radius 2 is 2.21 bits per heavy atom. The van der Waals surface area contributed by atoms with Crippen LogP contribution in [-0.2, 0) is 6.42 Å². The van der Waals surface area contributed by atoms with E-state index in [1.54, 1.807) is 13.0 Å². The van der Waals surface area contributed by atoms with Crippen LogP contribution in [0.2, 0.25) is 5.02 Å². The van der Waals surface area contributed by atoms with E-state index in [2.05, 4.69) is 0 Å². The maximum atomic E-state index is 13.2. The van der Waals surface area contributed by atoms with E-state index in [1.807, 2.05) is 0 Å². The molecule has 0 saturated carbocycles. The fourth-order valence-electron chi connectivity index (χ4n) is 1.22. The van der Waals surface area contributed by atoms with Crippen molar-refractivity contribution in [1.29, 1.82) is 0 Å². The normalized spacial score (nSPS) is 12.6. The first kappa shape index (κ1) is 11.3. The summed E-state index contributed by atoms with van der Waals surface area (Å²) < 4.78 is 18.1. The van der Waals surface area contributed by atoms with Gasteiger partial charge in [0.1, 0.15) is 16.6 Å². The van der Waals surface area contributed by atoms with Gasteiger partial charge in [-0.1, -0.05) is 11.6 Å². The van der Waals surface area contributed by atoms with Gasteiger partial charge in [-0.3, -0.25) is 0 Å². The maximum absolute atomic E-state index is 13.2. The third kappa shape index (κ3) is 2.59. The van der Waals surface area contributed by atoms with E-state index in [-0.39, 0.29) is 5.02 Å². The van der Waals surface area contributed by atoms with E-state index in [0.29, 0.717) is 17.7 Å². The van der Waals surface area contributed by atoms with Gasteiger partial charge in [0.25, 0.3) is 0 Å². The lowest BCUT2D eigenvalue weighted by molar-refractivity contribution is 0.195. The summed E-state index contributed by atoms with van der Waals surface area (Å²) in [6.07, 6.45) is -0.134. The van der Waals surface area contributed by atoms with Crippen molar-refractivity contribution in [3.63, 3.8) is 0 Å². The number of benzene rings is 1. The van der Waals surface area contributed by atoms with Crippen LogP contribution in [0.3, 0.4) is 0 Å². The average molecular weight is 219 g/mol. The number of hydrogen-bond donors (Lipinski definition) is 1. The average Bonchev–Trinajstić information content (AvgIpc) is 2.10. The first-order valence-electron chi connectivity index (χ1n) is 4.24. The van der Waals surface area contributed by atoms with Crippen LogP contribution in [0.5, 0.6) is 5.75 Å². The fraction of sp³-hybridized carbons (Fsp3) is 0.400. The van der Waals surface area contributed by atoms with Crippen LogP contribution >= 0.6 is 11.6 Å². The molecule has 1 unspecified atom stereocenters. The lowest BCUT2D eigenvalue weighted by Gasteiger charge is -2.09. The molecule has 1 aromatic rings. The van der Waals surface area contributed by atoms with E-state index in [9.17, 15) is 4.39 Å². The van der Waals surface area contributed by atoms with Gasteiger partial charge in [-0.2, -0.15) is 0 Å². The Morgan fingerprint density at radius 3 is 2.71 bits per heavy atom. The third-order valence-electron chi connectivity index (χ3n) is 1.81. The van der Waals surface area contributed by atoms with Crippen LogP contribution in [0, 0.1) is 5.82 Å². The van der Waals surface area contributed by atoms with Crippen molar-refractivity contribution >= 4 is 11.6 Å². The molecule has 0 radical (unpaired) electrons. The molecule has 1 aromatic carbocycles. The fourth-order valence-corrected chi connectivity index (χ4v) is 1.41. The molecule has 1 rings (SSSR count). The van der Waals surface area contributed by atoms with Crippen molar-refractivity contribution in [2.24, 2.45) is 0 Å². The molecule has 1 atom stereocenters. The van der Waals surface area contributed by atoms with Crippen molar-refractivity contribution in [3.8, 4) is 5.75 Å². The van der Waals surface area contributed by atoms with Crippen molar-refractivity contribution in [3.05, 3.63) is 28.5 Å². The van der Waals surface area contributed by atoms with Gasteiger partial charge in [0.15, 0.2) is 0 Å². The molecule has 0 amide bonds. The summed E-state index contributed by atoms with van der Waals surface area (Å²) >= 11 is 5.64. The quantitative estimate of drug-likeness (QED) is 0.844. The van der Waals surface area contributed by atoms with Gasteiger partial charge in [0.05, 0.1) is 13.2 Å². The van der Waals surface area contributed by atoms with Gasteiger partial charge in [-0.25, -0.2) is 4.39 Å². The summed E-state index contributed by atoms with van der Waals surface area (Å²) in [7, 11) is 1.42. The van der Waals surface area contributed by atoms with Gasteiger partial charge in [0, 0.05) is 0 Å². The van der Waals surface area contributed by atoms with Crippen molar-refractivity contribution in [2.45, 2.75) is 19.4 Å². The molecule has 0 heterocycles. The highest BCUT2D eigenvalue weighted by molar-refractivity contribution is 6.32. The molecule has 0 aliphatic rings. The van der Waals surface area contributed by atoms with E-state index in [4.69, 9.17) is 21.4 Å². The van der Waals surface area contributed by atoms with Gasteiger partial charge < -0.3 is 9.84 Å². The van der Waals surface area contributed by atoms with Crippen LogP contribution < -0.4 is 4.74 Å². The van der Waals surface area contributed by atoms with Crippen molar-refractivity contribution in [1.82, 2.24) is 0 Å². The van der Waals surface area contributed by atoms with E-state index < -0.39 is 11.9 Å². The number of methoxy groups -OCH3 is 1. The summed E-state index contributed by atoms with van der Waals surface area (Å²) in [5, 5.41) is 9.11. The molecule has 0 spiro atoms. The zero-order valence-corrected chi connectivity index (χ0v) is 8.81. The maximum Gasteiger partial charge on any atom is 0.145 e. The van der Waals surface area contributed by atoms with E-state index in [1.165, 1.54) is 13.2 Å². The highest BCUT2D eigenvalue weighted by Gasteiger charge is 2.10. The Hall–Kier alpha value is -0.800. The SMILES string of the molecule is COc1cc(CC(C)O)cc(F)c1Cl. The van der Waals surface area contributed by atoms with Crippen molar-refractivity contribution in [2.75, 3.05) is 7.11 Å². The molecule has 78 valence electrons. The number of halogens is 2. The lowest BCUT2D eigenvalue weighted by atomic mass is 10.1. The minimum atomic E-state index is -0.526. The van der Waals surface area contributed by atoms with Crippen LogP contribution in [0.25, 0.3) is 0 Å². The summed E-state index contributed by atoms with van der Waals surface area (Å²) in [6.45, 7) is 1.64. The smallest absolute Gasteiger partial charge is 0.145 e. The molecular formula is C10H12ClFO2. The molecule has 0 aliphatic carbocycles. The molecule has 0 saturated heterocycles. The summed E-state index contributed by atoms with van der Waals surface area (Å²) in [5.74, 6) is -0.232. The zero-order valence-electron chi connectivity index (χ0n) is 8.05. The molecule has 0 aliphatic heterocycles. The second-order valence-electron chi connectivity index (χ2n) is 3.15. The highest BCUT2D eigenvalue weighted by Crippen LogP contribution is 2.28. The molecule has 0 aromatic heterocycles. The van der Waals surface area contributed by atoms with Gasteiger partial charge >= 0.3 is 0 Å². The molecule has 14 heavy (non-hydrogen) atoms. The minimum Gasteiger partial charge on any atom is -0.495 e. The lowest BCUT2D eigenvalue weighted by Crippen LogP contribution is -2.05. The highest BCUT2D eigenvalue weighted by atomic mass is 35.5. The third-order valence-corrected chi connectivity index (χ3v) is 2.17. The number of hydrogen-bond acceptors (Lipinski definition) is 2. The van der Waals surface area contributed by atoms with Crippen molar-refractivity contribution < 1.29 is 14.2 Å². The van der Waals surface area contributed by atoms with Gasteiger partial charge in [-0.15, -0.1) is 0 Å². The molecule has 2 nitrogen and oxygen atoms in total. The monoisotopic (exact) mass is 218 g/mol. The largest absolute Gasteiger partial charge is 0.495 e. The number of aliphatic hydroxyl groups is 1. The summed E-state index contributed by atoms with van der Waals surface area (Å²) in [4.78, 5) is 0. The Balaban J connectivity index is 3.03. The standard InChI is InChI=1S/C10H12ClFO2/c1-6(13)3-7-4-8(12)10(11)9(5-7)14-2/h4-6,13H,3H2,1-2H3. The van der Waals surface area contributed by atoms with Crippen LogP contribution in [0.4, 0.5) is 4.39 Å². The van der Waals surface area contributed by atoms with Gasteiger partial charge in [-0.05, 0) is 31.0 Å². The Labute approximate surface area is 87.3 Å². The van der Waals surface area contributed by atoms with Crippen LogP contribution in [0.1, 0.15) is 12.5 Å². The molecule has 0 fully saturated rings. The second kappa shape index (κ2) is 4.62. The Kier molecular flexibility index (Phi) is 3.72. The van der Waals surface area contributed by atoms with Gasteiger partial charge in [0.2, 0.25) is 0 Å². The predicted molar refractivity (Wildman–Crippen MR) is 53.3 cm³/mol. The van der Waals surface area contributed by atoms with E-state index >= 15 is 0 Å². The Bertz CT molecular complexity index is 326. The van der Waals surface area contributed by atoms with E-state index in [0.717, 1.165) is 0 Å². The topological polar surface area (TPSA) is 29.5 Å². The predicted octanol–water partition coefficient (Wildman–Crippen LogP) is 2.41. The number of rotatable bonds is 3. The second-order valence-corrected chi connectivity index (χ2v) is 3.52. The Morgan fingerprint density at radius 1 is 1.57 bits per heavy atom. The summed E-state index contributed by atoms with van der Waals surface area (Å²) in [5.41, 5.74) is 0.666. The minimum absolute atomic E-state index is 0.0261. The zero-order chi connectivity index (χ0) is 10.7. The first-order chi connectivity index (χ1) is 6.54. The molecule has 1 N–H and O–H groups in total. The number of aliphatic hydroxyl groups excluding tert-OH is 1. The van der Waals surface area contributed by atoms with Crippen LogP contribution in [0.15, 0.2) is 12.1 Å².